The lowest BCUT2D eigenvalue weighted by Crippen LogP contribution is -2.32. The van der Waals surface area contributed by atoms with Crippen LogP contribution in [0.25, 0.3) is 10.8 Å². The normalized spacial score (nSPS) is 15.0. The first-order valence-corrected chi connectivity index (χ1v) is 6.38. The molecule has 1 aliphatic heterocycles. The molecule has 0 atom stereocenters. The highest BCUT2D eigenvalue weighted by atomic mass is 16.2. The summed E-state index contributed by atoms with van der Waals surface area (Å²) in [6.45, 7) is 1.74. The van der Waals surface area contributed by atoms with Crippen molar-refractivity contribution in [3.05, 3.63) is 42.5 Å². The van der Waals surface area contributed by atoms with Crippen LogP contribution in [0, 0.1) is 0 Å². The van der Waals surface area contributed by atoms with Crippen molar-refractivity contribution in [1.82, 2.24) is 4.90 Å². The van der Waals surface area contributed by atoms with Gasteiger partial charge in [-0.2, -0.15) is 0 Å². The molecule has 3 rings (SSSR count). The van der Waals surface area contributed by atoms with E-state index in [1.807, 2.05) is 35.2 Å². The summed E-state index contributed by atoms with van der Waals surface area (Å²) in [6, 6.07) is 14.1. The molecule has 0 radical (unpaired) electrons. The van der Waals surface area contributed by atoms with E-state index in [-0.39, 0.29) is 6.03 Å². The summed E-state index contributed by atoms with van der Waals surface area (Å²) in [5.74, 6) is 0. The van der Waals surface area contributed by atoms with Crippen LogP contribution in [0.1, 0.15) is 12.8 Å². The highest BCUT2D eigenvalue weighted by Gasteiger charge is 2.18. The molecule has 1 aliphatic rings. The molecule has 0 saturated carbocycles. The Morgan fingerprint density at radius 3 is 2.56 bits per heavy atom. The van der Waals surface area contributed by atoms with Crippen molar-refractivity contribution in [2.45, 2.75) is 12.8 Å². The van der Waals surface area contributed by atoms with Crippen LogP contribution in [-0.4, -0.2) is 24.0 Å². The maximum atomic E-state index is 12.1. The molecule has 3 nitrogen and oxygen atoms in total. The Balaban J connectivity index is 1.88. The monoisotopic (exact) mass is 240 g/mol. The maximum absolute atomic E-state index is 12.1. The molecule has 92 valence electrons. The van der Waals surface area contributed by atoms with E-state index in [0.29, 0.717) is 0 Å². The Labute approximate surface area is 106 Å². The minimum Gasteiger partial charge on any atom is -0.325 e. The Hall–Kier alpha value is -2.03. The minimum atomic E-state index is 0.0175. The fraction of sp³-hybridized carbons (Fsp3) is 0.267. The fourth-order valence-corrected chi connectivity index (χ4v) is 2.45. The SMILES string of the molecule is O=C(Nc1cccc2ccccc12)N1CCCC1. The third kappa shape index (κ3) is 2.04. The number of anilines is 1. The summed E-state index contributed by atoms with van der Waals surface area (Å²) in [5.41, 5.74) is 0.894. The topological polar surface area (TPSA) is 32.3 Å². The molecule has 0 aliphatic carbocycles. The lowest BCUT2D eigenvalue weighted by atomic mass is 10.1. The summed E-state index contributed by atoms with van der Waals surface area (Å²) in [6.07, 6.45) is 2.23. The maximum Gasteiger partial charge on any atom is 0.321 e. The molecule has 1 saturated heterocycles. The number of nitrogens with one attached hydrogen (secondary N) is 1. The van der Waals surface area contributed by atoms with Gasteiger partial charge in [0.2, 0.25) is 0 Å². The van der Waals surface area contributed by atoms with Gasteiger partial charge in [0.1, 0.15) is 0 Å². The van der Waals surface area contributed by atoms with Gasteiger partial charge in [0.25, 0.3) is 0 Å². The number of rotatable bonds is 1. The molecule has 3 heteroatoms. The van der Waals surface area contributed by atoms with Gasteiger partial charge in [-0.3, -0.25) is 0 Å². The lowest BCUT2D eigenvalue weighted by Gasteiger charge is -2.17. The van der Waals surface area contributed by atoms with Crippen molar-refractivity contribution in [1.29, 1.82) is 0 Å². The molecule has 1 N–H and O–H groups in total. The Bertz CT molecular complexity index is 568. The van der Waals surface area contributed by atoms with E-state index in [4.69, 9.17) is 0 Å². The summed E-state index contributed by atoms with van der Waals surface area (Å²) in [4.78, 5) is 13.9. The molecule has 18 heavy (non-hydrogen) atoms. The molecular weight excluding hydrogens is 224 g/mol. The summed E-state index contributed by atoms with van der Waals surface area (Å²) < 4.78 is 0. The lowest BCUT2D eigenvalue weighted by molar-refractivity contribution is 0.222. The molecule has 1 fully saturated rings. The first kappa shape index (κ1) is 11.1. The smallest absolute Gasteiger partial charge is 0.321 e. The van der Waals surface area contributed by atoms with Crippen LogP contribution in [0.5, 0.6) is 0 Å². The minimum absolute atomic E-state index is 0.0175. The largest absolute Gasteiger partial charge is 0.325 e. The number of hydrogen-bond acceptors (Lipinski definition) is 1. The van der Waals surface area contributed by atoms with Gasteiger partial charge in [0.05, 0.1) is 5.69 Å². The molecule has 0 aromatic heterocycles. The number of carbonyl (C=O) groups excluding carboxylic acids is 1. The Morgan fingerprint density at radius 1 is 1.00 bits per heavy atom. The zero-order valence-corrected chi connectivity index (χ0v) is 10.2. The highest BCUT2D eigenvalue weighted by molar-refractivity contribution is 6.01. The van der Waals surface area contributed by atoms with Gasteiger partial charge in [-0.15, -0.1) is 0 Å². The summed E-state index contributed by atoms with van der Waals surface area (Å²) in [5, 5.41) is 5.25. The second kappa shape index (κ2) is 4.69. The average Bonchev–Trinajstić information content (AvgIpc) is 2.93. The van der Waals surface area contributed by atoms with Crippen molar-refractivity contribution in [3.8, 4) is 0 Å². The molecule has 0 unspecified atom stereocenters. The number of nitrogens with zero attached hydrogens (tertiary/aromatic N) is 1. The number of benzene rings is 2. The van der Waals surface area contributed by atoms with Crippen LogP contribution in [0.3, 0.4) is 0 Å². The second-order valence-electron chi connectivity index (χ2n) is 4.65. The fourth-order valence-electron chi connectivity index (χ4n) is 2.45. The summed E-state index contributed by atoms with van der Waals surface area (Å²) in [7, 11) is 0. The van der Waals surface area contributed by atoms with Crippen molar-refractivity contribution >= 4 is 22.5 Å². The van der Waals surface area contributed by atoms with E-state index >= 15 is 0 Å². The average molecular weight is 240 g/mol. The second-order valence-corrected chi connectivity index (χ2v) is 4.65. The van der Waals surface area contributed by atoms with Crippen LogP contribution >= 0.6 is 0 Å². The van der Waals surface area contributed by atoms with E-state index in [1.165, 1.54) is 0 Å². The zero-order valence-electron chi connectivity index (χ0n) is 10.2. The highest BCUT2D eigenvalue weighted by Crippen LogP contribution is 2.23. The number of likely N-dealkylation sites (tertiary alicyclic amines) is 1. The number of amides is 2. The van der Waals surface area contributed by atoms with Gasteiger partial charge in [0.15, 0.2) is 0 Å². The van der Waals surface area contributed by atoms with Crippen LogP contribution in [0.4, 0.5) is 10.5 Å². The number of fused-ring (bicyclic) bond motifs is 1. The van der Waals surface area contributed by atoms with E-state index < -0.39 is 0 Å². The first-order valence-electron chi connectivity index (χ1n) is 6.38. The van der Waals surface area contributed by atoms with Crippen LogP contribution in [0.2, 0.25) is 0 Å². The third-order valence-corrected chi connectivity index (χ3v) is 3.42. The van der Waals surface area contributed by atoms with Gasteiger partial charge in [-0.1, -0.05) is 36.4 Å². The Kier molecular flexibility index (Phi) is 2.89. The third-order valence-electron chi connectivity index (χ3n) is 3.42. The van der Waals surface area contributed by atoms with E-state index in [9.17, 15) is 4.79 Å². The van der Waals surface area contributed by atoms with Crippen molar-refractivity contribution in [2.75, 3.05) is 18.4 Å². The number of carbonyl (C=O) groups is 1. The molecular formula is C15H16N2O. The standard InChI is InChI=1S/C15H16N2O/c18-15(17-10-3-4-11-17)16-14-9-5-7-12-6-1-2-8-13(12)14/h1-2,5-9H,3-4,10-11H2,(H,16,18). The van der Waals surface area contributed by atoms with E-state index in [0.717, 1.165) is 42.4 Å². The number of urea groups is 1. The van der Waals surface area contributed by atoms with Crippen molar-refractivity contribution < 1.29 is 4.79 Å². The van der Waals surface area contributed by atoms with E-state index in [2.05, 4.69) is 17.4 Å². The molecule has 2 amide bonds. The van der Waals surface area contributed by atoms with E-state index in [1.54, 1.807) is 0 Å². The molecule has 0 spiro atoms. The molecule has 2 aromatic carbocycles. The molecule has 1 heterocycles. The van der Waals surface area contributed by atoms with Gasteiger partial charge in [-0.05, 0) is 24.3 Å². The van der Waals surface area contributed by atoms with Gasteiger partial charge in [0, 0.05) is 18.5 Å². The number of hydrogen-bond donors (Lipinski definition) is 1. The van der Waals surface area contributed by atoms with Gasteiger partial charge < -0.3 is 10.2 Å². The van der Waals surface area contributed by atoms with Gasteiger partial charge >= 0.3 is 6.03 Å². The zero-order chi connectivity index (χ0) is 12.4. The molecule has 2 aromatic rings. The van der Waals surface area contributed by atoms with Crippen molar-refractivity contribution in [2.24, 2.45) is 0 Å². The summed E-state index contributed by atoms with van der Waals surface area (Å²) >= 11 is 0. The van der Waals surface area contributed by atoms with Crippen LogP contribution in [0.15, 0.2) is 42.5 Å². The van der Waals surface area contributed by atoms with Crippen LogP contribution < -0.4 is 5.32 Å². The van der Waals surface area contributed by atoms with Gasteiger partial charge in [-0.25, -0.2) is 4.79 Å². The first-order chi connectivity index (χ1) is 8.84. The molecule has 0 bridgehead atoms. The predicted molar refractivity (Wildman–Crippen MR) is 73.8 cm³/mol. The van der Waals surface area contributed by atoms with Crippen molar-refractivity contribution in [3.63, 3.8) is 0 Å². The van der Waals surface area contributed by atoms with Crippen LogP contribution in [-0.2, 0) is 0 Å². The quantitative estimate of drug-likeness (QED) is 0.813. The predicted octanol–water partition coefficient (Wildman–Crippen LogP) is 3.47. The Morgan fingerprint density at radius 2 is 1.72 bits per heavy atom.